The molecule has 0 amide bonds. The number of rotatable bonds is 13. The summed E-state index contributed by atoms with van der Waals surface area (Å²) in [5.41, 5.74) is 1.98. The third-order valence-corrected chi connectivity index (χ3v) is 4.88. The van der Waals surface area contributed by atoms with Gasteiger partial charge in [-0.1, -0.05) is 57.2 Å². The van der Waals surface area contributed by atoms with Gasteiger partial charge in [-0.3, -0.25) is 0 Å². The fourth-order valence-corrected chi connectivity index (χ4v) is 2.66. The molecule has 0 saturated carbocycles. The minimum absolute atomic E-state index is 0.0421. The van der Waals surface area contributed by atoms with Crippen molar-refractivity contribution in [1.82, 2.24) is 0 Å². The number of hydrogen-bond acceptors (Lipinski definition) is 6. The van der Waals surface area contributed by atoms with E-state index in [9.17, 15) is 19.8 Å². The molecule has 0 saturated heterocycles. The maximum atomic E-state index is 12.0. The van der Waals surface area contributed by atoms with E-state index in [2.05, 4.69) is 20.1 Å². The maximum Gasteiger partial charge on any atom is 0.336 e. The fraction of sp³-hybridized carbons (Fsp3) is 0.500. The molecule has 0 aromatic heterocycles. The zero-order chi connectivity index (χ0) is 22.7. The number of carbonyl (C=O) groups is 2. The molecule has 0 aliphatic carbocycles. The molecule has 1 rings (SSSR count). The van der Waals surface area contributed by atoms with E-state index in [-0.39, 0.29) is 24.4 Å². The Balaban J connectivity index is 2.85. The molecule has 0 aliphatic heterocycles. The number of benzene rings is 1. The van der Waals surface area contributed by atoms with Crippen LogP contribution >= 0.6 is 0 Å². The standard InChI is InChI=1S/C24H34O6/c1-6-7-8-9-20-10-12-21(13-11-20)22(14-29-23(27)16(2)18(4)25)15-30-24(28)17(3)19(5)26/h10-13,18-19,22,25-26H,2-3,6-9,14-15H2,1,4-5H3. The quantitative estimate of drug-likeness (QED) is 0.289. The second kappa shape index (κ2) is 13.0. The lowest BCUT2D eigenvalue weighted by atomic mass is 9.97. The molecule has 2 N–H and O–H groups in total. The molecular formula is C24H34O6. The first-order valence-corrected chi connectivity index (χ1v) is 10.3. The average molecular weight is 419 g/mol. The molecule has 0 spiro atoms. The van der Waals surface area contributed by atoms with Crippen LogP contribution in [0.15, 0.2) is 48.6 Å². The second-order valence-electron chi connectivity index (χ2n) is 7.49. The van der Waals surface area contributed by atoms with Crippen molar-refractivity contribution >= 4 is 11.9 Å². The van der Waals surface area contributed by atoms with Gasteiger partial charge >= 0.3 is 11.9 Å². The van der Waals surface area contributed by atoms with Crippen molar-refractivity contribution in [2.75, 3.05) is 13.2 Å². The van der Waals surface area contributed by atoms with Crippen molar-refractivity contribution < 1.29 is 29.3 Å². The highest BCUT2D eigenvalue weighted by atomic mass is 16.5. The van der Waals surface area contributed by atoms with Crippen molar-refractivity contribution in [2.45, 2.75) is 64.6 Å². The number of aryl methyl sites for hydroxylation is 1. The van der Waals surface area contributed by atoms with Crippen LogP contribution in [0.5, 0.6) is 0 Å². The van der Waals surface area contributed by atoms with Gasteiger partial charge in [0.05, 0.1) is 29.3 Å². The zero-order valence-corrected chi connectivity index (χ0v) is 18.2. The summed E-state index contributed by atoms with van der Waals surface area (Å²) in [5, 5.41) is 19.0. The highest BCUT2D eigenvalue weighted by Gasteiger charge is 2.21. The second-order valence-corrected chi connectivity index (χ2v) is 7.49. The van der Waals surface area contributed by atoms with Crippen molar-refractivity contribution in [3.05, 3.63) is 59.7 Å². The third-order valence-electron chi connectivity index (χ3n) is 4.88. The lowest BCUT2D eigenvalue weighted by Crippen LogP contribution is -2.24. The van der Waals surface area contributed by atoms with E-state index >= 15 is 0 Å². The van der Waals surface area contributed by atoms with Crippen LogP contribution in [-0.2, 0) is 25.5 Å². The Hall–Kier alpha value is -2.44. The molecule has 30 heavy (non-hydrogen) atoms. The Morgan fingerprint density at radius 1 is 0.900 bits per heavy atom. The normalized spacial score (nSPS) is 13.8. The smallest absolute Gasteiger partial charge is 0.336 e. The summed E-state index contributed by atoms with van der Waals surface area (Å²) < 4.78 is 10.5. The molecule has 1 aromatic carbocycles. The van der Waals surface area contributed by atoms with Gasteiger partial charge in [-0.05, 0) is 37.8 Å². The molecule has 0 heterocycles. The minimum Gasteiger partial charge on any atom is -0.461 e. The monoisotopic (exact) mass is 418 g/mol. The molecule has 0 aliphatic rings. The van der Waals surface area contributed by atoms with Gasteiger partial charge in [-0.2, -0.15) is 0 Å². The molecule has 2 unspecified atom stereocenters. The fourth-order valence-electron chi connectivity index (χ4n) is 2.66. The molecule has 0 fully saturated rings. The molecular weight excluding hydrogens is 384 g/mol. The summed E-state index contributed by atoms with van der Waals surface area (Å²) >= 11 is 0. The van der Waals surface area contributed by atoms with Crippen LogP contribution in [0.1, 0.15) is 57.1 Å². The first-order chi connectivity index (χ1) is 14.2. The van der Waals surface area contributed by atoms with E-state index in [4.69, 9.17) is 9.47 Å². The molecule has 6 heteroatoms. The van der Waals surface area contributed by atoms with E-state index in [1.165, 1.54) is 25.8 Å². The van der Waals surface area contributed by atoms with Gasteiger partial charge in [0, 0.05) is 0 Å². The van der Waals surface area contributed by atoms with E-state index in [1.807, 2.05) is 24.3 Å². The largest absolute Gasteiger partial charge is 0.461 e. The number of aliphatic hydroxyl groups excluding tert-OH is 2. The van der Waals surface area contributed by atoms with Gasteiger partial charge in [0.1, 0.15) is 13.2 Å². The van der Waals surface area contributed by atoms with Crippen LogP contribution in [0.25, 0.3) is 0 Å². The van der Waals surface area contributed by atoms with Crippen LogP contribution in [0.3, 0.4) is 0 Å². The summed E-state index contributed by atoms with van der Waals surface area (Å²) in [6.45, 7) is 12.0. The number of unbranched alkanes of at least 4 members (excludes halogenated alkanes) is 2. The lowest BCUT2D eigenvalue weighted by molar-refractivity contribution is -0.143. The number of ether oxygens (including phenoxy) is 2. The Bertz CT molecular complexity index is 682. The Morgan fingerprint density at radius 3 is 1.77 bits per heavy atom. The third kappa shape index (κ3) is 8.51. The van der Waals surface area contributed by atoms with Gasteiger partial charge in [-0.15, -0.1) is 0 Å². The average Bonchev–Trinajstić information content (AvgIpc) is 2.72. The summed E-state index contributed by atoms with van der Waals surface area (Å²) in [6.07, 6.45) is 2.43. The first-order valence-electron chi connectivity index (χ1n) is 10.3. The summed E-state index contributed by atoms with van der Waals surface area (Å²) in [4.78, 5) is 24.0. The number of carbonyl (C=O) groups excluding carboxylic acids is 2. The topological polar surface area (TPSA) is 93.1 Å². The maximum absolute atomic E-state index is 12.0. The molecule has 0 bridgehead atoms. The van der Waals surface area contributed by atoms with Gasteiger partial charge in [0.2, 0.25) is 0 Å². The summed E-state index contributed by atoms with van der Waals surface area (Å²) in [6, 6.07) is 7.90. The number of hydrogen-bond donors (Lipinski definition) is 2. The number of aliphatic hydroxyl groups is 2. The Kier molecular flexibility index (Phi) is 11.1. The highest BCUT2D eigenvalue weighted by Crippen LogP contribution is 2.20. The summed E-state index contributed by atoms with van der Waals surface area (Å²) in [7, 11) is 0. The molecule has 6 nitrogen and oxygen atoms in total. The molecule has 2 atom stereocenters. The van der Waals surface area contributed by atoms with Crippen molar-refractivity contribution in [1.29, 1.82) is 0 Å². The predicted molar refractivity (Wildman–Crippen MR) is 116 cm³/mol. The SMILES string of the molecule is C=C(C(=O)OCC(COC(=O)C(=C)C(C)O)c1ccc(CCCCC)cc1)C(C)O. The van der Waals surface area contributed by atoms with Gasteiger partial charge < -0.3 is 19.7 Å². The predicted octanol–water partition coefficient (Wildman–Crippen LogP) is 3.46. The molecule has 1 aromatic rings. The van der Waals surface area contributed by atoms with Crippen molar-refractivity contribution in [2.24, 2.45) is 0 Å². The zero-order valence-electron chi connectivity index (χ0n) is 18.2. The van der Waals surface area contributed by atoms with Crippen LogP contribution < -0.4 is 0 Å². The molecule has 166 valence electrons. The van der Waals surface area contributed by atoms with E-state index in [0.717, 1.165) is 24.8 Å². The van der Waals surface area contributed by atoms with Crippen molar-refractivity contribution in [3.63, 3.8) is 0 Å². The summed E-state index contributed by atoms with van der Waals surface area (Å²) in [5.74, 6) is -1.82. The van der Waals surface area contributed by atoms with Crippen LogP contribution in [0.2, 0.25) is 0 Å². The highest BCUT2D eigenvalue weighted by molar-refractivity contribution is 5.89. The first kappa shape index (κ1) is 25.6. The number of esters is 2. The minimum atomic E-state index is -1.01. The Labute approximate surface area is 179 Å². The van der Waals surface area contributed by atoms with Crippen LogP contribution in [0.4, 0.5) is 0 Å². The van der Waals surface area contributed by atoms with Crippen molar-refractivity contribution in [3.8, 4) is 0 Å². The van der Waals surface area contributed by atoms with E-state index in [1.54, 1.807) is 0 Å². The Morgan fingerprint density at radius 2 is 1.37 bits per heavy atom. The van der Waals surface area contributed by atoms with Gasteiger partial charge in [0.25, 0.3) is 0 Å². The van der Waals surface area contributed by atoms with E-state index < -0.39 is 30.1 Å². The molecule has 0 radical (unpaired) electrons. The van der Waals surface area contributed by atoms with E-state index in [0.29, 0.717) is 0 Å². The lowest BCUT2D eigenvalue weighted by Gasteiger charge is -2.19. The van der Waals surface area contributed by atoms with Gasteiger partial charge in [-0.25, -0.2) is 9.59 Å². The van der Waals surface area contributed by atoms with Gasteiger partial charge in [0.15, 0.2) is 0 Å². The van der Waals surface area contributed by atoms with Crippen LogP contribution in [0, 0.1) is 0 Å². The van der Waals surface area contributed by atoms with Crippen LogP contribution in [-0.4, -0.2) is 47.6 Å².